The van der Waals surface area contributed by atoms with Gasteiger partial charge in [0, 0.05) is 35.8 Å². The standard InChI is InChI=1S/C27H29Cl2N5O3/c1-14(2)31-27-32-22-13-33(25(36)18-6-8-20(28)21(29)12-18)16(4)11-19(22)26(37)34(27)23-9-7-17(10-15(23)3)24(35)30-5/h6-10,12,14,16H,11,13H2,1-5H3,(H,30,35)(H,31,32)/t16-/m1/s1. The van der Waals surface area contributed by atoms with Crippen LogP contribution < -0.4 is 16.2 Å². The SMILES string of the molecule is CNC(=O)c1ccc(-n2c(NC(C)C)nc3c(c2=O)C[C@@H](C)N(C(=O)c2ccc(Cl)c(Cl)c2)C3)c(C)c1. The highest BCUT2D eigenvalue weighted by molar-refractivity contribution is 6.42. The Morgan fingerprint density at radius 1 is 1.08 bits per heavy atom. The molecule has 0 aliphatic carbocycles. The summed E-state index contributed by atoms with van der Waals surface area (Å²) in [5, 5.41) is 6.57. The fourth-order valence-corrected chi connectivity index (χ4v) is 4.79. The largest absolute Gasteiger partial charge is 0.355 e. The number of fused-ring (bicyclic) bond motifs is 1. The summed E-state index contributed by atoms with van der Waals surface area (Å²) in [6.45, 7) is 7.87. The molecule has 0 bridgehead atoms. The minimum atomic E-state index is -0.238. The lowest BCUT2D eigenvalue weighted by molar-refractivity contribution is 0.0653. The number of carbonyl (C=O) groups is 2. The Bertz CT molecular complexity index is 1450. The van der Waals surface area contributed by atoms with Crippen LogP contribution in [0.2, 0.25) is 10.0 Å². The number of hydrogen-bond acceptors (Lipinski definition) is 5. The maximum absolute atomic E-state index is 13.9. The molecule has 0 saturated heterocycles. The number of amides is 2. The van der Waals surface area contributed by atoms with E-state index >= 15 is 0 Å². The molecule has 3 aromatic rings. The minimum absolute atomic E-state index is 0.00175. The van der Waals surface area contributed by atoms with Gasteiger partial charge in [0.15, 0.2) is 0 Å². The van der Waals surface area contributed by atoms with Crippen molar-refractivity contribution in [2.45, 2.75) is 52.7 Å². The quantitative estimate of drug-likeness (QED) is 0.491. The van der Waals surface area contributed by atoms with Gasteiger partial charge in [0.1, 0.15) is 0 Å². The molecule has 1 aromatic heterocycles. The average Bonchev–Trinajstić information content (AvgIpc) is 2.85. The highest BCUT2D eigenvalue weighted by Crippen LogP contribution is 2.28. The summed E-state index contributed by atoms with van der Waals surface area (Å²) in [7, 11) is 1.57. The van der Waals surface area contributed by atoms with Crippen molar-refractivity contribution < 1.29 is 9.59 Å². The number of nitrogens with one attached hydrogen (secondary N) is 2. The molecule has 0 fully saturated rings. The molecule has 1 aliphatic rings. The Balaban J connectivity index is 1.79. The predicted molar refractivity (Wildman–Crippen MR) is 146 cm³/mol. The van der Waals surface area contributed by atoms with Gasteiger partial charge in [-0.2, -0.15) is 0 Å². The average molecular weight is 542 g/mol. The van der Waals surface area contributed by atoms with Crippen molar-refractivity contribution >= 4 is 41.0 Å². The van der Waals surface area contributed by atoms with Crippen LogP contribution in [0.25, 0.3) is 5.69 Å². The van der Waals surface area contributed by atoms with E-state index in [-0.39, 0.29) is 36.0 Å². The zero-order valence-electron chi connectivity index (χ0n) is 21.4. The molecule has 2 N–H and O–H groups in total. The first-order chi connectivity index (χ1) is 17.5. The highest BCUT2D eigenvalue weighted by Gasteiger charge is 2.32. The van der Waals surface area contributed by atoms with Crippen molar-refractivity contribution in [2.24, 2.45) is 0 Å². The molecule has 2 amide bonds. The third-order valence-electron chi connectivity index (χ3n) is 6.39. The first-order valence-electron chi connectivity index (χ1n) is 12.0. The topological polar surface area (TPSA) is 96.3 Å². The molecule has 0 saturated carbocycles. The van der Waals surface area contributed by atoms with Crippen LogP contribution in [0.1, 0.15) is 58.3 Å². The molecule has 0 radical (unpaired) electrons. The summed E-state index contributed by atoms with van der Waals surface area (Å²) >= 11 is 12.2. The van der Waals surface area contributed by atoms with Crippen LogP contribution in [-0.2, 0) is 13.0 Å². The van der Waals surface area contributed by atoms with Gasteiger partial charge in [0.05, 0.1) is 28.0 Å². The predicted octanol–water partition coefficient (Wildman–Crippen LogP) is 4.61. The van der Waals surface area contributed by atoms with Crippen molar-refractivity contribution in [3.8, 4) is 5.69 Å². The first kappa shape index (κ1) is 26.7. The van der Waals surface area contributed by atoms with Crippen LogP contribution in [0.3, 0.4) is 0 Å². The Hall–Kier alpha value is -3.36. The monoisotopic (exact) mass is 541 g/mol. The smallest absolute Gasteiger partial charge is 0.263 e. The van der Waals surface area contributed by atoms with Gasteiger partial charge in [0.2, 0.25) is 5.95 Å². The third-order valence-corrected chi connectivity index (χ3v) is 7.13. The van der Waals surface area contributed by atoms with Crippen molar-refractivity contribution in [1.82, 2.24) is 19.8 Å². The van der Waals surface area contributed by atoms with Gasteiger partial charge in [-0.25, -0.2) is 9.55 Å². The summed E-state index contributed by atoms with van der Waals surface area (Å²) in [6, 6.07) is 9.74. The van der Waals surface area contributed by atoms with Crippen LogP contribution in [0.4, 0.5) is 5.95 Å². The fourth-order valence-electron chi connectivity index (χ4n) is 4.50. The van der Waals surface area contributed by atoms with Gasteiger partial charge in [0.25, 0.3) is 17.4 Å². The van der Waals surface area contributed by atoms with Crippen LogP contribution in [0, 0.1) is 6.92 Å². The lowest BCUT2D eigenvalue weighted by Gasteiger charge is -2.35. The Labute approximate surface area is 225 Å². The van der Waals surface area contributed by atoms with E-state index in [1.54, 1.807) is 52.9 Å². The van der Waals surface area contributed by atoms with Gasteiger partial charge >= 0.3 is 0 Å². The van der Waals surface area contributed by atoms with E-state index in [4.69, 9.17) is 28.2 Å². The van der Waals surface area contributed by atoms with Crippen LogP contribution in [0.5, 0.6) is 0 Å². The van der Waals surface area contributed by atoms with Gasteiger partial charge in [-0.3, -0.25) is 14.4 Å². The molecule has 1 aliphatic heterocycles. The van der Waals surface area contributed by atoms with E-state index in [1.165, 1.54) is 0 Å². The lowest BCUT2D eigenvalue weighted by atomic mass is 9.98. The first-order valence-corrected chi connectivity index (χ1v) is 12.8. The fraction of sp³-hybridized carbons (Fsp3) is 0.333. The van der Waals surface area contributed by atoms with E-state index < -0.39 is 0 Å². The zero-order valence-corrected chi connectivity index (χ0v) is 22.9. The maximum atomic E-state index is 13.9. The van der Waals surface area contributed by atoms with E-state index in [0.717, 1.165) is 5.56 Å². The number of anilines is 1. The molecule has 194 valence electrons. The van der Waals surface area contributed by atoms with Crippen molar-refractivity contribution in [3.05, 3.63) is 84.7 Å². The second-order valence-electron chi connectivity index (χ2n) is 9.50. The molecule has 10 heteroatoms. The van der Waals surface area contributed by atoms with Crippen LogP contribution in [0.15, 0.2) is 41.2 Å². The number of hydrogen-bond donors (Lipinski definition) is 2. The van der Waals surface area contributed by atoms with Crippen molar-refractivity contribution in [1.29, 1.82) is 0 Å². The van der Waals surface area contributed by atoms with Crippen molar-refractivity contribution in [3.63, 3.8) is 0 Å². The number of aromatic nitrogens is 2. The maximum Gasteiger partial charge on any atom is 0.263 e. The normalized spacial score (nSPS) is 14.9. The van der Waals surface area contributed by atoms with Crippen LogP contribution in [-0.4, -0.2) is 45.4 Å². The number of rotatable bonds is 5. The van der Waals surface area contributed by atoms with E-state index in [1.807, 2.05) is 27.7 Å². The molecule has 2 aromatic carbocycles. The highest BCUT2D eigenvalue weighted by atomic mass is 35.5. The Morgan fingerprint density at radius 3 is 2.41 bits per heavy atom. The summed E-state index contributed by atoms with van der Waals surface area (Å²) in [5.74, 6) is -0.0284. The molecule has 4 rings (SSSR count). The van der Waals surface area contributed by atoms with Gasteiger partial charge in [-0.1, -0.05) is 23.2 Å². The molecule has 37 heavy (non-hydrogen) atoms. The summed E-state index contributed by atoms with van der Waals surface area (Å²) < 4.78 is 1.56. The Morgan fingerprint density at radius 2 is 1.78 bits per heavy atom. The van der Waals surface area contributed by atoms with E-state index in [0.29, 0.717) is 50.5 Å². The minimum Gasteiger partial charge on any atom is -0.355 e. The number of benzene rings is 2. The van der Waals surface area contributed by atoms with Gasteiger partial charge in [-0.15, -0.1) is 0 Å². The molecule has 2 heterocycles. The number of aryl methyl sites for hydroxylation is 1. The molecule has 1 atom stereocenters. The lowest BCUT2D eigenvalue weighted by Crippen LogP contribution is -2.46. The van der Waals surface area contributed by atoms with Gasteiger partial charge < -0.3 is 15.5 Å². The molecular weight excluding hydrogens is 513 g/mol. The third kappa shape index (κ3) is 5.22. The molecular formula is C27H29Cl2N5O3. The van der Waals surface area contributed by atoms with Gasteiger partial charge in [-0.05, 0) is 76.1 Å². The number of nitrogens with zero attached hydrogens (tertiary/aromatic N) is 3. The summed E-state index contributed by atoms with van der Waals surface area (Å²) in [6.07, 6.45) is 0.353. The Kier molecular flexibility index (Phi) is 7.62. The van der Waals surface area contributed by atoms with E-state index in [2.05, 4.69) is 10.6 Å². The zero-order chi connectivity index (χ0) is 27.0. The second-order valence-corrected chi connectivity index (χ2v) is 10.3. The molecule has 8 nitrogen and oxygen atoms in total. The molecule has 0 unspecified atom stereocenters. The second kappa shape index (κ2) is 10.6. The summed E-state index contributed by atoms with van der Waals surface area (Å²) in [5.41, 5.74) is 3.24. The summed E-state index contributed by atoms with van der Waals surface area (Å²) in [4.78, 5) is 45.8. The molecule has 0 spiro atoms. The van der Waals surface area contributed by atoms with E-state index in [9.17, 15) is 14.4 Å². The number of halogens is 2. The number of carbonyl (C=O) groups excluding carboxylic acids is 2. The van der Waals surface area contributed by atoms with Crippen LogP contribution >= 0.6 is 23.2 Å². The van der Waals surface area contributed by atoms with Crippen molar-refractivity contribution in [2.75, 3.05) is 12.4 Å².